The molecular weight excluding hydrogens is 234 g/mol. The lowest BCUT2D eigenvalue weighted by atomic mass is 9.60. The molecule has 0 bridgehead atoms. The van der Waals surface area contributed by atoms with E-state index in [4.69, 9.17) is 9.47 Å². The highest BCUT2D eigenvalue weighted by molar-refractivity contribution is 5.81. The summed E-state index contributed by atoms with van der Waals surface area (Å²) in [7, 11) is 0. The number of rotatable bonds is 0. The molecule has 1 aliphatic carbocycles. The summed E-state index contributed by atoms with van der Waals surface area (Å²) in [6, 6.07) is 0. The van der Waals surface area contributed by atoms with Crippen molar-refractivity contribution in [2.45, 2.75) is 44.8 Å². The summed E-state index contributed by atoms with van der Waals surface area (Å²) >= 11 is 0. The summed E-state index contributed by atoms with van der Waals surface area (Å²) in [4.78, 5) is 25.6. The van der Waals surface area contributed by atoms with E-state index in [9.17, 15) is 9.59 Å². The fraction of sp³-hybridized carbons (Fsp3) is 0.846. The summed E-state index contributed by atoms with van der Waals surface area (Å²) in [6.45, 7) is 6.58. The molecule has 18 heavy (non-hydrogen) atoms. The number of esters is 1. The van der Waals surface area contributed by atoms with Gasteiger partial charge in [0.05, 0.1) is 11.5 Å². The van der Waals surface area contributed by atoms with Crippen LogP contribution in [0.3, 0.4) is 0 Å². The van der Waals surface area contributed by atoms with Crippen LogP contribution in [-0.2, 0) is 14.3 Å². The maximum atomic E-state index is 12.2. The van der Waals surface area contributed by atoms with Gasteiger partial charge < -0.3 is 9.47 Å². The van der Waals surface area contributed by atoms with E-state index >= 15 is 0 Å². The van der Waals surface area contributed by atoms with Crippen LogP contribution >= 0.6 is 0 Å². The van der Waals surface area contributed by atoms with Crippen LogP contribution in [0.5, 0.6) is 0 Å². The van der Waals surface area contributed by atoms with Gasteiger partial charge in [-0.05, 0) is 39.5 Å². The van der Waals surface area contributed by atoms with Crippen molar-refractivity contribution in [2.24, 2.45) is 11.8 Å². The molecule has 0 N–H and O–H groups in total. The molecule has 1 saturated carbocycles. The van der Waals surface area contributed by atoms with Crippen LogP contribution in [0.15, 0.2) is 0 Å². The second kappa shape index (κ2) is 3.39. The van der Waals surface area contributed by atoms with Crippen LogP contribution in [0, 0.1) is 11.8 Å². The quantitative estimate of drug-likeness (QED) is 0.615. The van der Waals surface area contributed by atoms with Crippen LogP contribution in [0.1, 0.15) is 33.6 Å². The summed E-state index contributed by atoms with van der Waals surface area (Å²) < 4.78 is 10.6. The number of ether oxygens (including phenoxy) is 2. The highest BCUT2D eigenvalue weighted by Gasteiger charge is 2.70. The molecule has 3 rings (SSSR count). The van der Waals surface area contributed by atoms with Gasteiger partial charge in [0.15, 0.2) is 0 Å². The second-order valence-electron chi connectivity index (χ2n) is 6.50. The third-order valence-corrected chi connectivity index (χ3v) is 4.38. The molecule has 2 aliphatic heterocycles. The van der Waals surface area contributed by atoms with E-state index in [2.05, 4.69) is 0 Å². The van der Waals surface area contributed by atoms with Gasteiger partial charge in [0, 0.05) is 6.54 Å². The standard InChI is InChI=1S/C13H19NO4/c1-12(2,3)18-11(16)14-5-4-8-6-9-10(15)17-7-13(8,9)14/h8-9H,4-7H2,1-3H3/t8-,9+,13-/m1/s1. The molecule has 3 atom stereocenters. The molecule has 5 nitrogen and oxygen atoms in total. The molecule has 5 heteroatoms. The molecule has 0 aromatic heterocycles. The monoisotopic (exact) mass is 253 g/mol. The van der Waals surface area contributed by atoms with Crippen LogP contribution in [-0.4, -0.2) is 41.3 Å². The Hall–Kier alpha value is -1.26. The molecule has 0 unspecified atom stereocenters. The van der Waals surface area contributed by atoms with Gasteiger partial charge in [-0.15, -0.1) is 0 Å². The molecule has 3 aliphatic rings. The van der Waals surface area contributed by atoms with Gasteiger partial charge in [-0.3, -0.25) is 9.69 Å². The number of hydrogen-bond acceptors (Lipinski definition) is 4. The molecule has 2 heterocycles. The lowest BCUT2D eigenvalue weighted by Gasteiger charge is -2.48. The molecule has 100 valence electrons. The average molecular weight is 253 g/mol. The van der Waals surface area contributed by atoms with E-state index < -0.39 is 5.60 Å². The number of amides is 1. The first kappa shape index (κ1) is 11.8. The van der Waals surface area contributed by atoms with Gasteiger partial charge in [-0.2, -0.15) is 0 Å². The van der Waals surface area contributed by atoms with Gasteiger partial charge in [0.2, 0.25) is 0 Å². The van der Waals surface area contributed by atoms with Crippen molar-refractivity contribution in [1.29, 1.82) is 0 Å². The Bertz CT molecular complexity index is 414. The Kier molecular flexibility index (Phi) is 2.23. The molecule has 0 aromatic carbocycles. The minimum Gasteiger partial charge on any atom is -0.463 e. The normalized spacial score (nSPS) is 37.7. The minimum absolute atomic E-state index is 0.127. The topological polar surface area (TPSA) is 55.8 Å². The average Bonchev–Trinajstić information content (AvgIpc) is 2.61. The molecule has 1 amide bonds. The molecule has 0 radical (unpaired) electrons. The number of hydrogen-bond donors (Lipinski definition) is 0. The first-order valence-electron chi connectivity index (χ1n) is 6.52. The van der Waals surface area contributed by atoms with Gasteiger partial charge >= 0.3 is 12.1 Å². The summed E-state index contributed by atoms with van der Waals surface area (Å²) in [5.74, 6) is 0.126. The number of carbonyl (C=O) groups is 2. The lowest BCUT2D eigenvalue weighted by Crippen LogP contribution is -2.63. The highest BCUT2D eigenvalue weighted by atomic mass is 16.6. The van der Waals surface area contributed by atoms with Crippen molar-refractivity contribution >= 4 is 12.1 Å². The zero-order valence-corrected chi connectivity index (χ0v) is 11.1. The van der Waals surface area contributed by atoms with Gasteiger partial charge in [-0.25, -0.2) is 4.79 Å². The fourth-order valence-electron chi connectivity index (χ4n) is 3.55. The van der Waals surface area contributed by atoms with E-state index in [0.29, 0.717) is 19.1 Å². The number of nitrogens with zero attached hydrogens (tertiary/aromatic N) is 1. The Morgan fingerprint density at radius 1 is 1.50 bits per heavy atom. The van der Waals surface area contributed by atoms with Gasteiger partial charge in [-0.1, -0.05) is 0 Å². The van der Waals surface area contributed by atoms with Crippen molar-refractivity contribution in [3.63, 3.8) is 0 Å². The number of carbonyl (C=O) groups excluding carboxylic acids is 2. The Morgan fingerprint density at radius 2 is 2.22 bits per heavy atom. The van der Waals surface area contributed by atoms with E-state index in [1.54, 1.807) is 4.90 Å². The van der Waals surface area contributed by atoms with Crippen molar-refractivity contribution in [3.8, 4) is 0 Å². The Balaban J connectivity index is 1.82. The summed E-state index contributed by atoms with van der Waals surface area (Å²) in [6.07, 6.45) is 1.50. The summed E-state index contributed by atoms with van der Waals surface area (Å²) in [5.41, 5.74) is -0.895. The summed E-state index contributed by atoms with van der Waals surface area (Å²) in [5, 5.41) is 0. The van der Waals surface area contributed by atoms with E-state index in [0.717, 1.165) is 12.8 Å². The van der Waals surface area contributed by atoms with E-state index in [-0.39, 0.29) is 23.5 Å². The van der Waals surface area contributed by atoms with Crippen molar-refractivity contribution in [1.82, 2.24) is 4.90 Å². The van der Waals surface area contributed by atoms with Crippen molar-refractivity contribution in [2.75, 3.05) is 13.2 Å². The molecule has 3 fully saturated rings. The molecule has 0 aromatic rings. The predicted molar refractivity (Wildman–Crippen MR) is 62.8 cm³/mol. The maximum Gasteiger partial charge on any atom is 0.410 e. The van der Waals surface area contributed by atoms with Gasteiger partial charge in [0.25, 0.3) is 0 Å². The first-order chi connectivity index (χ1) is 8.34. The minimum atomic E-state index is -0.505. The van der Waals surface area contributed by atoms with Gasteiger partial charge in [0.1, 0.15) is 12.2 Å². The van der Waals surface area contributed by atoms with Crippen molar-refractivity contribution in [3.05, 3.63) is 0 Å². The van der Waals surface area contributed by atoms with E-state index in [1.165, 1.54) is 0 Å². The van der Waals surface area contributed by atoms with Crippen LogP contribution in [0.2, 0.25) is 0 Å². The van der Waals surface area contributed by atoms with Crippen LogP contribution in [0.25, 0.3) is 0 Å². The second-order valence-corrected chi connectivity index (χ2v) is 6.50. The molecule has 2 saturated heterocycles. The Labute approximate surface area is 106 Å². The lowest BCUT2D eigenvalue weighted by molar-refractivity contribution is -0.143. The largest absolute Gasteiger partial charge is 0.463 e. The predicted octanol–water partition coefficient (Wildman–Crippen LogP) is 1.56. The number of cyclic esters (lactones) is 1. The smallest absolute Gasteiger partial charge is 0.410 e. The SMILES string of the molecule is CC(C)(C)OC(=O)N1CC[C@@H]2C[C@H]3C(=O)OC[C@@]231. The third kappa shape index (κ3) is 1.39. The Morgan fingerprint density at radius 3 is 2.83 bits per heavy atom. The maximum absolute atomic E-state index is 12.2. The highest BCUT2D eigenvalue weighted by Crippen LogP contribution is 2.58. The van der Waals surface area contributed by atoms with Crippen LogP contribution in [0.4, 0.5) is 4.79 Å². The molecular formula is C13H19NO4. The fourth-order valence-corrected chi connectivity index (χ4v) is 3.55. The van der Waals surface area contributed by atoms with Crippen molar-refractivity contribution < 1.29 is 19.1 Å². The zero-order valence-electron chi connectivity index (χ0n) is 11.1. The first-order valence-corrected chi connectivity index (χ1v) is 6.52. The van der Waals surface area contributed by atoms with E-state index in [1.807, 2.05) is 20.8 Å². The third-order valence-electron chi connectivity index (χ3n) is 4.38. The van der Waals surface area contributed by atoms with Crippen LogP contribution < -0.4 is 0 Å². The number of likely N-dealkylation sites (tertiary alicyclic amines) is 1. The zero-order chi connectivity index (χ0) is 13.1. The molecule has 1 spiro atoms.